The zero-order valence-corrected chi connectivity index (χ0v) is 14.8. The van der Waals surface area contributed by atoms with Crippen molar-refractivity contribution in [2.75, 3.05) is 20.3 Å². The fourth-order valence-electron chi connectivity index (χ4n) is 4.10. The van der Waals surface area contributed by atoms with Gasteiger partial charge in [-0.3, -0.25) is 9.59 Å². The minimum Gasteiger partial charge on any atom is -0.454 e. The van der Waals surface area contributed by atoms with Crippen LogP contribution in [-0.2, 0) is 16.0 Å². The third kappa shape index (κ3) is 2.24. The van der Waals surface area contributed by atoms with Crippen LogP contribution in [0.4, 0.5) is 0 Å². The van der Waals surface area contributed by atoms with E-state index >= 15 is 0 Å². The summed E-state index contributed by atoms with van der Waals surface area (Å²) in [7, 11) is 0. The monoisotopic (exact) mass is 398 g/mol. The van der Waals surface area contributed by atoms with Crippen molar-refractivity contribution in [1.29, 1.82) is 0 Å². The maximum atomic E-state index is 13.6. The molecule has 0 radical (unpaired) electrons. The van der Waals surface area contributed by atoms with Crippen molar-refractivity contribution in [3.05, 3.63) is 59.2 Å². The second-order valence-corrected chi connectivity index (χ2v) is 6.95. The molecule has 2 aromatic carbocycles. The Morgan fingerprint density at radius 3 is 3.00 bits per heavy atom. The van der Waals surface area contributed by atoms with Crippen LogP contribution in [0.3, 0.4) is 0 Å². The maximum absolute atomic E-state index is 13.6. The van der Waals surface area contributed by atoms with Crippen molar-refractivity contribution in [2.45, 2.75) is 18.5 Å². The summed E-state index contributed by atoms with van der Waals surface area (Å²) in [4.78, 5) is 31.4. The SMILES string of the molecule is [2H]c1c([2H])c([2H])c2c3c([nH]c2c1[2H])C(c1ccc2c(c1)OCO2)N1C(=O)CN(C([2H])([2H])[2H])C(=O)[C@H]1C3([2H])[2H]. The quantitative estimate of drug-likeness (QED) is 0.682. The van der Waals surface area contributed by atoms with E-state index in [2.05, 4.69) is 4.98 Å². The fraction of sp³-hybridized carbons (Fsp3) is 0.273. The van der Waals surface area contributed by atoms with Crippen molar-refractivity contribution in [1.82, 2.24) is 14.8 Å². The summed E-state index contributed by atoms with van der Waals surface area (Å²) < 4.78 is 85.3. The van der Waals surface area contributed by atoms with E-state index in [1.54, 1.807) is 18.2 Å². The van der Waals surface area contributed by atoms with Gasteiger partial charge in [0.1, 0.15) is 6.04 Å². The van der Waals surface area contributed by atoms with Crippen LogP contribution in [-0.4, -0.2) is 53.0 Å². The van der Waals surface area contributed by atoms with Crippen LogP contribution in [0.15, 0.2) is 42.4 Å². The van der Waals surface area contributed by atoms with Gasteiger partial charge in [-0.2, -0.15) is 0 Å². The Kier molecular flexibility index (Phi) is 1.95. The molecule has 3 aliphatic heterocycles. The van der Waals surface area contributed by atoms with Crippen molar-refractivity contribution in [3.63, 3.8) is 0 Å². The smallest absolute Gasteiger partial charge is 0.245 e. The first-order valence-electron chi connectivity index (χ1n) is 13.4. The van der Waals surface area contributed by atoms with Gasteiger partial charge in [-0.1, -0.05) is 24.2 Å². The summed E-state index contributed by atoms with van der Waals surface area (Å²) in [6, 6.07) is -0.478. The molecule has 2 amide bonds. The van der Waals surface area contributed by atoms with Gasteiger partial charge in [-0.25, -0.2) is 0 Å². The number of carbonyl (C=O) groups excluding carboxylic acids is 2. The average Bonchev–Trinajstić information content (AvgIpc) is 3.48. The highest BCUT2D eigenvalue weighted by molar-refractivity contribution is 5.97. The number of hydrogen-bond donors (Lipinski definition) is 1. The molecule has 1 unspecified atom stereocenters. The van der Waals surface area contributed by atoms with Gasteiger partial charge < -0.3 is 24.3 Å². The third-order valence-electron chi connectivity index (χ3n) is 5.37. The van der Waals surface area contributed by atoms with Crippen molar-refractivity contribution >= 4 is 22.7 Å². The second kappa shape index (κ2) is 5.76. The van der Waals surface area contributed by atoms with E-state index in [9.17, 15) is 9.59 Å². The number of fused-ring (bicyclic) bond motifs is 5. The van der Waals surface area contributed by atoms with Crippen LogP contribution in [0.1, 0.15) is 35.2 Å². The predicted molar refractivity (Wildman–Crippen MR) is 105 cm³/mol. The molecule has 6 rings (SSSR count). The predicted octanol–water partition coefficient (Wildman–Crippen LogP) is 2.21. The summed E-state index contributed by atoms with van der Waals surface area (Å²) in [5, 5.41) is -0.173. The molecule has 3 aliphatic rings. The van der Waals surface area contributed by atoms with Gasteiger partial charge >= 0.3 is 0 Å². The summed E-state index contributed by atoms with van der Waals surface area (Å²) in [5.74, 6) is -1.18. The van der Waals surface area contributed by atoms with Crippen molar-refractivity contribution in [2.24, 2.45) is 0 Å². The molecule has 0 saturated carbocycles. The zero-order chi connectivity index (χ0) is 27.5. The van der Waals surface area contributed by atoms with Gasteiger partial charge in [-0.05, 0) is 29.3 Å². The van der Waals surface area contributed by atoms with Crippen LogP contribution in [0, 0.1) is 0 Å². The number of likely N-dealkylation sites (N-methyl/N-ethyl adjacent to an activating group) is 1. The van der Waals surface area contributed by atoms with E-state index in [0.29, 0.717) is 22.0 Å². The zero-order valence-electron chi connectivity index (χ0n) is 23.8. The number of aromatic nitrogens is 1. The number of ether oxygens (including phenoxy) is 2. The molecule has 0 aliphatic carbocycles. The summed E-state index contributed by atoms with van der Waals surface area (Å²) in [6.07, 6.45) is -2.73. The van der Waals surface area contributed by atoms with Crippen LogP contribution in [0.25, 0.3) is 10.9 Å². The number of hydrogen-bond acceptors (Lipinski definition) is 4. The maximum Gasteiger partial charge on any atom is 0.245 e. The molecule has 7 nitrogen and oxygen atoms in total. The van der Waals surface area contributed by atoms with Gasteiger partial charge in [0.2, 0.25) is 18.6 Å². The van der Waals surface area contributed by atoms with Crippen LogP contribution in [0.2, 0.25) is 0 Å². The number of rotatable bonds is 1. The number of para-hydroxylation sites is 1. The van der Waals surface area contributed by atoms with Crippen LogP contribution < -0.4 is 9.47 Å². The Bertz CT molecular complexity index is 1570. The summed E-state index contributed by atoms with van der Waals surface area (Å²) >= 11 is 0. The number of nitrogens with zero attached hydrogens (tertiary/aromatic N) is 2. The average molecular weight is 398 g/mol. The number of benzene rings is 2. The second-order valence-electron chi connectivity index (χ2n) is 6.95. The molecule has 1 aromatic heterocycles. The molecule has 1 saturated heterocycles. The summed E-state index contributed by atoms with van der Waals surface area (Å²) in [6.45, 7) is -3.85. The number of amides is 2. The number of carbonyl (C=O) groups is 2. The lowest BCUT2D eigenvalue weighted by Crippen LogP contribution is -2.62. The van der Waals surface area contributed by atoms with E-state index in [0.717, 1.165) is 4.90 Å². The Labute approximate surface area is 179 Å². The largest absolute Gasteiger partial charge is 0.454 e. The molecule has 1 fully saturated rings. The van der Waals surface area contributed by atoms with Crippen molar-refractivity contribution in [3.8, 4) is 11.5 Å². The lowest BCUT2D eigenvalue weighted by Gasteiger charge is -2.46. The van der Waals surface area contributed by atoms with Crippen LogP contribution in [0.5, 0.6) is 11.5 Å². The van der Waals surface area contributed by atoms with Gasteiger partial charge in [0.15, 0.2) is 11.5 Å². The van der Waals surface area contributed by atoms with E-state index in [1.807, 2.05) is 0 Å². The lowest BCUT2D eigenvalue weighted by atomic mass is 9.86. The van der Waals surface area contributed by atoms with Gasteiger partial charge in [0.25, 0.3) is 0 Å². The molecule has 7 heteroatoms. The molecule has 1 N–H and O–H groups in total. The molecular weight excluding hydrogens is 370 g/mol. The Morgan fingerprint density at radius 2 is 2.10 bits per heavy atom. The van der Waals surface area contributed by atoms with E-state index in [-0.39, 0.29) is 29.0 Å². The first kappa shape index (κ1) is 9.82. The number of H-pyrrole nitrogens is 1. The molecule has 0 bridgehead atoms. The van der Waals surface area contributed by atoms with Gasteiger partial charge in [0, 0.05) is 36.8 Å². The summed E-state index contributed by atoms with van der Waals surface area (Å²) in [5.41, 5.74) is 0.0943. The minimum atomic E-state index is -3.01. The highest BCUT2D eigenvalue weighted by Gasteiger charge is 2.47. The first-order chi connectivity index (χ1) is 17.7. The number of piperazine rings is 1. The van der Waals surface area contributed by atoms with E-state index in [1.165, 1.54) is 0 Å². The molecule has 3 aromatic rings. The number of aromatic amines is 1. The molecule has 4 heterocycles. The third-order valence-corrected chi connectivity index (χ3v) is 5.37. The van der Waals surface area contributed by atoms with Gasteiger partial charge in [0.05, 0.1) is 18.1 Å². The van der Waals surface area contributed by atoms with Crippen molar-refractivity contribution < 1.29 is 31.4 Å². The molecular formula is C22H19N3O4. The van der Waals surface area contributed by atoms with Crippen LogP contribution >= 0.6 is 0 Å². The highest BCUT2D eigenvalue weighted by atomic mass is 16.7. The fourth-order valence-corrected chi connectivity index (χ4v) is 4.10. The highest BCUT2D eigenvalue weighted by Crippen LogP contribution is 2.44. The first-order valence-corrected chi connectivity index (χ1v) is 8.89. The normalized spacial score (nSPS) is 29.4. The number of nitrogens with one attached hydrogen (secondary N) is 1. The minimum absolute atomic E-state index is 0.0378. The Morgan fingerprint density at radius 1 is 1.24 bits per heavy atom. The molecule has 146 valence electrons. The van der Waals surface area contributed by atoms with Gasteiger partial charge in [-0.15, -0.1) is 0 Å². The standard InChI is InChI=1S/C22H19N3O4/c1-24-10-19(26)25-16(22(24)27)9-14-13-4-2-3-5-15(13)23-20(14)21(25)12-6-7-17-18(8-12)29-11-28-17/h2-8,16,21,23H,9-11H2,1H3/t16-,21?/m1/s1/i1D3,2D,3D,4D,5D,9D2. The molecule has 2 atom stereocenters. The topological polar surface area (TPSA) is 74.9 Å². The Balaban J connectivity index is 1.70. The Hall–Kier alpha value is -3.48. The van der Waals surface area contributed by atoms with E-state index in [4.69, 9.17) is 21.8 Å². The lowest BCUT2D eigenvalue weighted by molar-refractivity contribution is -0.157. The van der Waals surface area contributed by atoms with E-state index < -0.39 is 68.0 Å². The molecule has 0 spiro atoms. The molecule has 29 heavy (non-hydrogen) atoms.